The van der Waals surface area contributed by atoms with Crippen LogP contribution < -0.4 is 15.4 Å². The molecule has 0 aliphatic carbocycles. The lowest BCUT2D eigenvalue weighted by Gasteiger charge is -2.33. The Morgan fingerprint density at radius 1 is 0.982 bits per heavy atom. The topological polar surface area (TPSA) is 145 Å². The number of pyridine rings is 1. The lowest BCUT2D eigenvalue weighted by atomic mass is 9.99. The molecule has 13 heteroatoms. The fraction of sp³-hybridized carbons (Fsp3) is 0.333. The highest BCUT2D eigenvalue weighted by Crippen LogP contribution is 2.32. The van der Waals surface area contributed by atoms with Crippen LogP contribution in [0.2, 0.25) is 0 Å². The van der Waals surface area contributed by atoms with E-state index in [9.17, 15) is 9.59 Å². The second kappa shape index (κ2) is 16.0. The predicted molar refractivity (Wildman–Crippen MR) is 211 cm³/mol. The fourth-order valence-corrected chi connectivity index (χ4v) is 6.55. The van der Waals surface area contributed by atoms with Crippen LogP contribution in [-0.2, 0) is 22.6 Å². The number of nitrogens with one attached hydrogen (secondary N) is 2. The van der Waals surface area contributed by atoms with Gasteiger partial charge in [-0.25, -0.2) is 9.59 Å². The zero-order valence-electron chi connectivity index (χ0n) is 31.8. The lowest BCUT2D eigenvalue weighted by molar-refractivity contribution is 0.00662. The lowest BCUT2D eigenvalue weighted by Crippen LogP contribution is -2.46. The number of likely N-dealkylation sites (tertiary alicyclic amines) is 1. The van der Waals surface area contributed by atoms with Crippen molar-refractivity contribution in [2.24, 2.45) is 0 Å². The van der Waals surface area contributed by atoms with Crippen LogP contribution in [0.25, 0.3) is 27.7 Å². The molecule has 1 aliphatic rings. The fourth-order valence-electron chi connectivity index (χ4n) is 6.55. The highest BCUT2D eigenvalue weighted by atomic mass is 16.6. The summed E-state index contributed by atoms with van der Waals surface area (Å²) in [7, 11) is 0. The number of rotatable bonds is 10. The third kappa shape index (κ3) is 8.94. The van der Waals surface area contributed by atoms with Gasteiger partial charge in [-0.3, -0.25) is 10.3 Å². The molecule has 3 aromatic carbocycles. The number of piperidine rings is 1. The number of hydrogen-bond acceptors (Lipinski definition) is 10. The summed E-state index contributed by atoms with van der Waals surface area (Å²) >= 11 is 0. The molecule has 2 amide bonds. The number of carbonyl (C=O) groups excluding carboxylic acids is 2. The molecule has 0 radical (unpaired) electrons. The van der Waals surface area contributed by atoms with E-state index in [1.54, 1.807) is 15.6 Å². The number of aromatic nitrogens is 5. The molecular weight excluding hydrogens is 697 g/mol. The van der Waals surface area contributed by atoms with Gasteiger partial charge in [-0.1, -0.05) is 74.5 Å². The van der Waals surface area contributed by atoms with Gasteiger partial charge in [0.1, 0.15) is 18.3 Å². The summed E-state index contributed by atoms with van der Waals surface area (Å²) in [6, 6.07) is 25.5. The molecule has 284 valence electrons. The molecule has 0 bridgehead atoms. The molecule has 7 rings (SSSR count). The summed E-state index contributed by atoms with van der Waals surface area (Å²) < 4.78 is 19.1. The Kier molecular flexibility index (Phi) is 10.8. The first kappa shape index (κ1) is 37.1. The number of amides is 2. The minimum Gasteiger partial charge on any atom is -0.458 e. The molecule has 6 aromatic rings. The van der Waals surface area contributed by atoms with Crippen LogP contribution >= 0.6 is 0 Å². The third-order valence-corrected chi connectivity index (χ3v) is 9.23. The van der Waals surface area contributed by atoms with Crippen molar-refractivity contribution >= 4 is 40.2 Å². The molecule has 0 spiro atoms. The van der Waals surface area contributed by atoms with Gasteiger partial charge in [-0.05, 0) is 74.2 Å². The van der Waals surface area contributed by atoms with Crippen LogP contribution in [0.15, 0.2) is 91.3 Å². The summed E-state index contributed by atoms with van der Waals surface area (Å²) in [6.45, 7) is 11.3. The van der Waals surface area contributed by atoms with Crippen molar-refractivity contribution in [3.8, 4) is 17.3 Å². The number of nitrogens with zero attached hydrogens (tertiary/aromatic N) is 6. The van der Waals surface area contributed by atoms with Crippen LogP contribution in [0, 0.1) is 0 Å². The van der Waals surface area contributed by atoms with Crippen LogP contribution in [0.1, 0.15) is 70.1 Å². The second-order valence-electron chi connectivity index (χ2n) is 14.9. The van der Waals surface area contributed by atoms with Gasteiger partial charge >= 0.3 is 18.2 Å². The number of carbonyl (C=O) groups is 2. The smallest absolute Gasteiger partial charge is 0.411 e. The van der Waals surface area contributed by atoms with Crippen molar-refractivity contribution in [1.82, 2.24) is 29.5 Å². The van der Waals surface area contributed by atoms with E-state index in [0.29, 0.717) is 36.9 Å². The van der Waals surface area contributed by atoms with Gasteiger partial charge in [0, 0.05) is 41.5 Å². The van der Waals surface area contributed by atoms with E-state index in [2.05, 4.69) is 29.6 Å². The first-order chi connectivity index (χ1) is 26.5. The SMILES string of the molecule is CC(C)c1cnn2c(NCc3ccccc3-c3nccc4cc(NC(=O)OCc5ccccc5)ccc34)nc(O[C@@H]3CCCN(C(=O)OC(C)(C)C)C3)nc12. The highest BCUT2D eigenvalue weighted by Gasteiger charge is 2.29. The number of anilines is 2. The highest BCUT2D eigenvalue weighted by molar-refractivity contribution is 5.98. The number of fused-ring (bicyclic) bond motifs is 2. The zero-order chi connectivity index (χ0) is 38.5. The van der Waals surface area contributed by atoms with Crippen molar-refractivity contribution in [2.45, 2.75) is 78.2 Å². The molecule has 3 aromatic heterocycles. The van der Waals surface area contributed by atoms with E-state index in [4.69, 9.17) is 29.2 Å². The Morgan fingerprint density at radius 2 is 1.78 bits per heavy atom. The van der Waals surface area contributed by atoms with Crippen molar-refractivity contribution in [1.29, 1.82) is 0 Å². The van der Waals surface area contributed by atoms with E-state index >= 15 is 0 Å². The quantitative estimate of drug-likeness (QED) is 0.140. The molecule has 0 unspecified atom stereocenters. The Morgan fingerprint density at radius 3 is 2.58 bits per heavy atom. The molecule has 1 fully saturated rings. The van der Waals surface area contributed by atoms with Gasteiger partial charge in [0.2, 0.25) is 5.95 Å². The first-order valence-electron chi connectivity index (χ1n) is 18.6. The predicted octanol–water partition coefficient (Wildman–Crippen LogP) is 8.60. The molecule has 2 N–H and O–H groups in total. The average molecular weight is 743 g/mol. The normalized spacial score (nSPS) is 14.6. The van der Waals surface area contributed by atoms with Gasteiger partial charge in [0.05, 0.1) is 18.4 Å². The Bertz CT molecular complexity index is 2300. The van der Waals surface area contributed by atoms with Crippen molar-refractivity contribution in [3.05, 3.63) is 108 Å². The number of benzene rings is 3. The van der Waals surface area contributed by atoms with Crippen LogP contribution in [0.3, 0.4) is 0 Å². The average Bonchev–Trinajstić information content (AvgIpc) is 3.60. The van der Waals surface area contributed by atoms with Gasteiger partial charge in [0.25, 0.3) is 0 Å². The standard InChI is InChI=1S/C42H46N8O5/c1-27(2)35-24-45-50-37(35)47-39(54-32-15-11-21-49(25-32)41(52)55-42(3,4)5)48-38(50)44-23-30-14-9-10-16-33(30)36-34-18-17-31(22-29(34)19-20-43-36)46-40(51)53-26-28-12-7-6-8-13-28/h6-10,12-14,16-20,22,24,27,32H,11,15,21,23,25-26H2,1-5H3,(H,46,51)(H,44,47,48)/t32-/m1/s1. The zero-order valence-corrected chi connectivity index (χ0v) is 31.8. The van der Waals surface area contributed by atoms with Crippen molar-refractivity contribution in [2.75, 3.05) is 23.7 Å². The van der Waals surface area contributed by atoms with Crippen LogP contribution in [0.4, 0.5) is 21.2 Å². The molecule has 4 heterocycles. The molecule has 1 aliphatic heterocycles. The Hall–Kier alpha value is -6.24. The monoisotopic (exact) mass is 742 g/mol. The van der Waals surface area contributed by atoms with E-state index in [1.807, 2.05) is 106 Å². The second-order valence-corrected chi connectivity index (χ2v) is 14.9. The molecule has 55 heavy (non-hydrogen) atoms. The maximum atomic E-state index is 12.8. The maximum absolute atomic E-state index is 12.8. The first-order valence-corrected chi connectivity index (χ1v) is 18.6. The number of ether oxygens (including phenoxy) is 3. The molecule has 13 nitrogen and oxygen atoms in total. The Labute approximate surface area is 320 Å². The molecule has 1 saturated heterocycles. The van der Waals surface area contributed by atoms with Gasteiger partial charge in [0.15, 0.2) is 5.65 Å². The molecule has 1 atom stereocenters. The van der Waals surface area contributed by atoms with E-state index in [1.165, 1.54) is 0 Å². The van der Waals surface area contributed by atoms with E-state index in [0.717, 1.165) is 51.6 Å². The third-order valence-electron chi connectivity index (χ3n) is 9.23. The van der Waals surface area contributed by atoms with Gasteiger partial charge in [-0.2, -0.15) is 19.6 Å². The van der Waals surface area contributed by atoms with Gasteiger partial charge < -0.3 is 24.4 Å². The van der Waals surface area contributed by atoms with Crippen molar-refractivity contribution in [3.63, 3.8) is 0 Å². The molecule has 0 saturated carbocycles. The van der Waals surface area contributed by atoms with E-state index in [-0.39, 0.29) is 30.7 Å². The number of hydrogen-bond donors (Lipinski definition) is 2. The van der Waals surface area contributed by atoms with Gasteiger partial charge in [-0.15, -0.1) is 0 Å². The summed E-state index contributed by atoms with van der Waals surface area (Å²) in [4.78, 5) is 41.5. The Balaban J connectivity index is 1.10. The summed E-state index contributed by atoms with van der Waals surface area (Å²) in [6.07, 6.45) is 3.94. The summed E-state index contributed by atoms with van der Waals surface area (Å²) in [5, 5.41) is 12.8. The molecular formula is C42H46N8O5. The van der Waals surface area contributed by atoms with Crippen LogP contribution in [-0.4, -0.2) is 66.4 Å². The maximum Gasteiger partial charge on any atom is 0.411 e. The van der Waals surface area contributed by atoms with E-state index < -0.39 is 11.7 Å². The minimum absolute atomic E-state index is 0.166. The largest absolute Gasteiger partial charge is 0.458 e. The van der Waals surface area contributed by atoms with Crippen LogP contribution in [0.5, 0.6) is 6.01 Å². The summed E-state index contributed by atoms with van der Waals surface area (Å²) in [5.41, 5.74) is 5.30. The minimum atomic E-state index is -0.585. The summed E-state index contributed by atoms with van der Waals surface area (Å²) in [5.74, 6) is 0.640. The van der Waals surface area contributed by atoms with Crippen molar-refractivity contribution < 1.29 is 23.8 Å².